The molecule has 43 heavy (non-hydrogen) atoms. The fourth-order valence-electron chi connectivity index (χ4n) is 6.62. The molecule has 2 aromatic rings. The molecule has 2 fully saturated rings. The lowest BCUT2D eigenvalue weighted by Gasteiger charge is -2.43. The molecule has 7 nitrogen and oxygen atoms in total. The summed E-state index contributed by atoms with van der Waals surface area (Å²) >= 11 is 0. The Morgan fingerprint density at radius 2 is 1.47 bits per heavy atom. The number of carboxylic acid groups (broad SMARTS) is 1. The van der Waals surface area contributed by atoms with E-state index < -0.39 is 80.3 Å². The van der Waals surface area contributed by atoms with Crippen molar-refractivity contribution in [3.8, 4) is 5.75 Å². The quantitative estimate of drug-likeness (QED) is 0.433. The number of sulfone groups is 1. The van der Waals surface area contributed by atoms with Crippen molar-refractivity contribution in [2.75, 3.05) is 13.2 Å². The Morgan fingerprint density at radius 1 is 0.884 bits per heavy atom. The van der Waals surface area contributed by atoms with Crippen molar-refractivity contribution in [3.05, 3.63) is 59.7 Å². The molecule has 0 bridgehead atoms. The van der Waals surface area contributed by atoms with Gasteiger partial charge >= 0.3 is 24.0 Å². The lowest BCUT2D eigenvalue weighted by atomic mass is 9.81. The number of hydrogen-bond acceptors (Lipinski definition) is 5. The van der Waals surface area contributed by atoms with Crippen LogP contribution in [0.4, 0.5) is 30.7 Å². The average molecular weight is 638 g/mol. The molecule has 1 saturated carbocycles. The molecule has 1 N–H and O–H groups in total. The molecule has 15 heteroatoms. The van der Waals surface area contributed by atoms with Crippen LogP contribution in [0.25, 0.3) is 0 Å². The van der Waals surface area contributed by atoms with E-state index in [4.69, 9.17) is 4.74 Å². The number of amides is 1. The Labute approximate surface area is 241 Å². The zero-order valence-corrected chi connectivity index (χ0v) is 23.1. The number of carbonyl (C=O) groups is 2. The third-order valence-corrected chi connectivity index (χ3v) is 11.4. The van der Waals surface area contributed by atoms with Crippen molar-refractivity contribution in [2.24, 2.45) is 11.8 Å². The van der Waals surface area contributed by atoms with Crippen molar-refractivity contribution in [1.29, 1.82) is 0 Å². The number of nitrogens with zero attached hydrogens (tertiary/aromatic N) is 1. The van der Waals surface area contributed by atoms with Gasteiger partial charge in [-0.2, -0.15) is 26.3 Å². The Balaban J connectivity index is 1.61. The van der Waals surface area contributed by atoms with E-state index in [0.29, 0.717) is 6.07 Å². The largest absolute Gasteiger partial charge is 0.491 e. The van der Waals surface area contributed by atoms with Gasteiger partial charge in [0.1, 0.15) is 17.1 Å². The van der Waals surface area contributed by atoms with Gasteiger partial charge in [0.05, 0.1) is 16.9 Å². The Morgan fingerprint density at radius 3 is 2.02 bits per heavy atom. The van der Waals surface area contributed by atoms with Crippen molar-refractivity contribution in [3.63, 3.8) is 0 Å². The monoisotopic (exact) mass is 637 g/mol. The van der Waals surface area contributed by atoms with E-state index in [1.54, 1.807) is 6.07 Å². The van der Waals surface area contributed by atoms with Crippen LogP contribution in [0.3, 0.4) is 0 Å². The minimum Gasteiger partial charge on any atom is -0.491 e. The molecule has 0 radical (unpaired) electrons. The van der Waals surface area contributed by atoms with Crippen LogP contribution in [0.5, 0.6) is 5.75 Å². The number of hydrogen-bond donors (Lipinski definition) is 1. The van der Waals surface area contributed by atoms with Gasteiger partial charge in [0.25, 0.3) is 0 Å². The third-order valence-electron chi connectivity index (χ3n) is 8.89. The summed E-state index contributed by atoms with van der Waals surface area (Å²) in [6.45, 7) is -0.729. The Hall–Kier alpha value is -3.36. The van der Waals surface area contributed by atoms with Crippen LogP contribution >= 0.6 is 0 Å². The first kappa shape index (κ1) is 31.1. The highest BCUT2D eigenvalue weighted by molar-refractivity contribution is 7.92. The number of benzene rings is 2. The van der Waals surface area contributed by atoms with Gasteiger partial charge < -0.3 is 14.7 Å². The second-order valence-corrected chi connectivity index (χ2v) is 13.3. The zero-order valence-electron chi connectivity index (χ0n) is 22.3. The number of carboxylic acids is 1. The van der Waals surface area contributed by atoms with E-state index in [0.717, 1.165) is 0 Å². The zero-order chi connectivity index (χ0) is 31.6. The van der Waals surface area contributed by atoms with Crippen molar-refractivity contribution in [2.45, 2.75) is 65.8 Å². The molecule has 2 aliphatic heterocycles. The predicted octanol–water partition coefficient (Wildman–Crippen LogP) is 5.53. The lowest BCUT2D eigenvalue weighted by molar-refractivity contribution is -0.348. The molecule has 2 unspecified atom stereocenters. The summed E-state index contributed by atoms with van der Waals surface area (Å²) in [5.41, 5.74) is -7.86. The number of ether oxygens (including phenoxy) is 1. The molecule has 0 spiro atoms. The highest BCUT2D eigenvalue weighted by Gasteiger charge is 2.74. The van der Waals surface area contributed by atoms with Gasteiger partial charge in [0.15, 0.2) is 9.84 Å². The number of alkyl halides is 7. The van der Waals surface area contributed by atoms with Crippen LogP contribution in [-0.4, -0.2) is 61.8 Å². The van der Waals surface area contributed by atoms with Gasteiger partial charge in [-0.15, -0.1) is 0 Å². The van der Waals surface area contributed by atoms with E-state index in [1.807, 2.05) is 0 Å². The number of fused-ring (bicyclic) bond motifs is 3. The van der Waals surface area contributed by atoms with Gasteiger partial charge in [0.2, 0.25) is 5.91 Å². The summed E-state index contributed by atoms with van der Waals surface area (Å²) in [4.78, 5) is 26.1. The Kier molecular flexibility index (Phi) is 7.50. The minimum absolute atomic E-state index is 0.128. The molecule has 2 aromatic carbocycles. The second kappa shape index (κ2) is 10.4. The van der Waals surface area contributed by atoms with Crippen molar-refractivity contribution in [1.82, 2.24) is 4.90 Å². The highest BCUT2D eigenvalue weighted by Crippen LogP contribution is 2.57. The first-order valence-electron chi connectivity index (χ1n) is 13.4. The normalized spacial score (nSPS) is 26.3. The molecular formula is C28H26F7NO6S. The fourth-order valence-corrected chi connectivity index (χ4v) is 8.92. The first-order chi connectivity index (χ1) is 20.0. The van der Waals surface area contributed by atoms with Crippen LogP contribution in [0, 0.1) is 11.8 Å². The molecule has 1 amide bonds. The topological polar surface area (TPSA) is 101 Å². The van der Waals surface area contributed by atoms with Gasteiger partial charge in [-0.05, 0) is 50.3 Å². The summed E-state index contributed by atoms with van der Waals surface area (Å²) < 4.78 is 128. The number of likely N-dealkylation sites (tertiary alicyclic amines) is 1. The molecule has 2 atom stereocenters. The van der Waals surface area contributed by atoms with Crippen LogP contribution in [0.1, 0.15) is 43.2 Å². The maximum atomic E-state index is 14.9. The minimum atomic E-state index is -6.39. The number of halogens is 7. The second-order valence-electron chi connectivity index (χ2n) is 11.1. The van der Waals surface area contributed by atoms with Crippen LogP contribution in [0.15, 0.2) is 53.4 Å². The molecule has 3 aliphatic rings. The van der Waals surface area contributed by atoms with E-state index >= 15 is 0 Å². The number of rotatable bonds is 5. The molecule has 2 heterocycles. The van der Waals surface area contributed by atoms with Gasteiger partial charge in [0, 0.05) is 23.6 Å². The highest BCUT2D eigenvalue weighted by atomic mass is 32.2. The number of carbonyl (C=O) groups excluding carboxylic acids is 1. The van der Waals surface area contributed by atoms with Crippen molar-refractivity contribution < 1.29 is 58.6 Å². The molecule has 1 aliphatic carbocycles. The van der Waals surface area contributed by atoms with Gasteiger partial charge in [-0.3, -0.25) is 9.59 Å². The van der Waals surface area contributed by atoms with Crippen LogP contribution < -0.4 is 4.74 Å². The summed E-state index contributed by atoms with van der Waals surface area (Å²) in [6, 6.07) is 6.94. The van der Waals surface area contributed by atoms with E-state index in [-0.39, 0.29) is 61.2 Å². The number of aliphatic carboxylic acids is 1. The summed E-state index contributed by atoms with van der Waals surface area (Å²) in [5.74, 6) is -3.32. The maximum Gasteiger partial charge on any atom is 0.435 e. The SMILES string of the molecule is O=C(O)[C@H]1CC[C@H](C(=O)N2CCC3(S(=O)(=O)c4ccccc4)c4ccc(C(F)(C(F)(F)F)C(F)(F)F)cc4OCC23)CC1. The van der Waals surface area contributed by atoms with E-state index in [9.17, 15) is 53.8 Å². The summed E-state index contributed by atoms with van der Waals surface area (Å²) in [7, 11) is -4.49. The van der Waals surface area contributed by atoms with Crippen molar-refractivity contribution >= 4 is 21.7 Å². The van der Waals surface area contributed by atoms with Crippen LogP contribution in [0.2, 0.25) is 0 Å². The summed E-state index contributed by atoms with van der Waals surface area (Å²) in [5, 5.41) is 9.29. The van der Waals surface area contributed by atoms with E-state index in [2.05, 4.69) is 0 Å². The maximum absolute atomic E-state index is 14.9. The lowest BCUT2D eigenvalue weighted by Crippen LogP contribution is -2.56. The standard InChI is InChI=1S/C28H26F7NO6S/c29-26(27(30,31)32,28(33,34)35)18-10-11-20-21(14-18)42-15-22-25(20,43(40,41)19-4-2-1-3-5-19)12-13-36(22)23(37)16-6-8-17(9-7-16)24(38)39/h1-5,10-11,14,16-17,22H,6-9,12-13,15H2,(H,38,39)/t16-,17-,22?,25?. The first-order valence-corrected chi connectivity index (χ1v) is 14.9. The molecule has 1 saturated heterocycles. The third kappa shape index (κ3) is 4.65. The van der Waals surface area contributed by atoms with Gasteiger partial charge in [-0.1, -0.05) is 30.3 Å². The predicted molar refractivity (Wildman–Crippen MR) is 135 cm³/mol. The molecule has 5 rings (SSSR count). The average Bonchev–Trinajstić information content (AvgIpc) is 3.37. The summed E-state index contributed by atoms with van der Waals surface area (Å²) in [6.07, 6.45) is -12.1. The smallest absolute Gasteiger partial charge is 0.435 e. The molecule has 0 aromatic heterocycles. The van der Waals surface area contributed by atoms with E-state index in [1.165, 1.54) is 29.2 Å². The Bertz CT molecular complexity index is 1510. The molecular weight excluding hydrogens is 611 g/mol. The van der Waals surface area contributed by atoms with Gasteiger partial charge in [-0.25, -0.2) is 12.8 Å². The van der Waals surface area contributed by atoms with Crippen LogP contribution in [-0.2, 0) is 29.8 Å². The fraction of sp³-hybridized carbons (Fsp3) is 0.500. The molecule has 234 valence electrons.